The van der Waals surface area contributed by atoms with E-state index in [-0.39, 0.29) is 0 Å². The molecule has 1 rings (SSSR count). The number of unbranched alkanes of at least 4 members (excludes halogenated alkanes) is 6. The fourth-order valence-electron chi connectivity index (χ4n) is 1.95. The van der Waals surface area contributed by atoms with Crippen molar-refractivity contribution in [2.45, 2.75) is 51.9 Å². The summed E-state index contributed by atoms with van der Waals surface area (Å²) in [5.74, 6) is 1.08. The lowest BCUT2D eigenvalue weighted by molar-refractivity contribution is 0.604. The molecule has 4 heteroatoms. The van der Waals surface area contributed by atoms with Crippen LogP contribution in [0.5, 0.6) is 0 Å². The van der Waals surface area contributed by atoms with E-state index < -0.39 is 0 Å². The second-order valence-corrected chi connectivity index (χ2v) is 6.81. The zero-order valence-electron chi connectivity index (χ0n) is 12.9. The molecule has 0 aliphatic carbocycles. The van der Waals surface area contributed by atoms with Gasteiger partial charge in [0.05, 0.1) is 6.21 Å². The summed E-state index contributed by atoms with van der Waals surface area (Å²) in [6, 6.07) is 10.0. The molecule has 0 bridgehead atoms. The molecule has 1 aromatic rings. The number of nitrogens with one attached hydrogen (secondary N) is 1. The van der Waals surface area contributed by atoms with Crippen LogP contribution in [0.4, 0.5) is 0 Å². The minimum atomic E-state index is 0.758. The van der Waals surface area contributed by atoms with Crippen LogP contribution in [0.15, 0.2) is 35.4 Å². The number of hydrogen-bond acceptors (Lipinski definition) is 3. The van der Waals surface area contributed by atoms with Gasteiger partial charge < -0.3 is 0 Å². The lowest BCUT2D eigenvalue weighted by Crippen LogP contribution is -2.11. The maximum Gasteiger partial charge on any atom is 0.154 e. The number of hydrogen-bond donors (Lipinski definition) is 1. The SMILES string of the molecule is CCCCCCCCCSC(=S)N/N=C/c1ccccc1. The molecule has 0 unspecified atom stereocenters. The molecule has 21 heavy (non-hydrogen) atoms. The summed E-state index contributed by atoms with van der Waals surface area (Å²) in [6.45, 7) is 2.25. The number of benzene rings is 1. The van der Waals surface area contributed by atoms with Gasteiger partial charge in [0, 0.05) is 5.75 Å². The zero-order chi connectivity index (χ0) is 15.2. The van der Waals surface area contributed by atoms with E-state index in [1.165, 1.54) is 44.9 Å². The van der Waals surface area contributed by atoms with Gasteiger partial charge in [-0.15, -0.1) is 0 Å². The highest BCUT2D eigenvalue weighted by Crippen LogP contribution is 2.11. The topological polar surface area (TPSA) is 24.4 Å². The van der Waals surface area contributed by atoms with Crippen molar-refractivity contribution >= 4 is 34.5 Å². The largest absolute Gasteiger partial charge is 0.262 e. The molecule has 0 aliphatic rings. The molecule has 0 atom stereocenters. The van der Waals surface area contributed by atoms with Crippen molar-refractivity contribution in [2.75, 3.05) is 5.75 Å². The molecular formula is C17H26N2S2. The lowest BCUT2D eigenvalue weighted by atomic mass is 10.1. The van der Waals surface area contributed by atoms with E-state index >= 15 is 0 Å². The van der Waals surface area contributed by atoms with Crippen LogP contribution in [0.2, 0.25) is 0 Å². The van der Waals surface area contributed by atoms with Crippen molar-refractivity contribution in [3.8, 4) is 0 Å². The fourth-order valence-corrected chi connectivity index (χ4v) is 2.91. The van der Waals surface area contributed by atoms with Crippen LogP contribution in [-0.2, 0) is 0 Å². The van der Waals surface area contributed by atoms with E-state index in [4.69, 9.17) is 12.2 Å². The van der Waals surface area contributed by atoms with Crippen molar-refractivity contribution < 1.29 is 0 Å². The Balaban J connectivity index is 1.98. The van der Waals surface area contributed by atoms with Crippen LogP contribution >= 0.6 is 24.0 Å². The molecule has 0 saturated carbocycles. The highest BCUT2D eigenvalue weighted by atomic mass is 32.2. The summed E-state index contributed by atoms with van der Waals surface area (Å²) >= 11 is 6.93. The standard InChI is InChI=1S/C17H26N2S2/c1-2-3-4-5-6-7-11-14-21-17(20)19-18-15-16-12-9-8-10-13-16/h8-10,12-13,15H,2-7,11,14H2,1H3,(H,19,20)/b18-15+. The van der Waals surface area contributed by atoms with Crippen molar-refractivity contribution in [3.63, 3.8) is 0 Å². The highest BCUT2D eigenvalue weighted by molar-refractivity contribution is 8.22. The van der Waals surface area contributed by atoms with Gasteiger partial charge in [0.25, 0.3) is 0 Å². The predicted octanol–water partition coefficient (Wildman–Crippen LogP) is 5.38. The Kier molecular flexibility index (Phi) is 11.1. The van der Waals surface area contributed by atoms with Crippen molar-refractivity contribution in [3.05, 3.63) is 35.9 Å². The first kappa shape index (κ1) is 18.2. The number of nitrogens with zero attached hydrogens (tertiary/aromatic N) is 1. The highest BCUT2D eigenvalue weighted by Gasteiger charge is 1.96. The van der Waals surface area contributed by atoms with Gasteiger partial charge in [0.2, 0.25) is 0 Å². The molecule has 0 spiro atoms. The summed E-state index contributed by atoms with van der Waals surface area (Å²) in [5.41, 5.74) is 3.99. The quantitative estimate of drug-likeness (QED) is 0.271. The van der Waals surface area contributed by atoms with Crippen LogP contribution in [0.3, 0.4) is 0 Å². The minimum absolute atomic E-state index is 0.758. The molecule has 116 valence electrons. The summed E-state index contributed by atoms with van der Waals surface area (Å²) in [5, 5.41) is 4.15. The van der Waals surface area contributed by atoms with E-state index in [0.29, 0.717) is 0 Å². The van der Waals surface area contributed by atoms with Crippen LogP contribution in [0.25, 0.3) is 0 Å². The van der Waals surface area contributed by atoms with Gasteiger partial charge in [0.15, 0.2) is 4.32 Å². The molecule has 0 aromatic heterocycles. The number of thioether (sulfide) groups is 1. The Morgan fingerprint density at radius 2 is 1.76 bits per heavy atom. The molecule has 2 nitrogen and oxygen atoms in total. The Labute approximate surface area is 138 Å². The third-order valence-electron chi connectivity index (χ3n) is 3.15. The van der Waals surface area contributed by atoms with E-state index in [1.807, 2.05) is 30.3 Å². The third-order valence-corrected chi connectivity index (χ3v) is 4.44. The summed E-state index contributed by atoms with van der Waals surface area (Å²) in [6.07, 6.45) is 11.2. The second-order valence-electron chi connectivity index (χ2n) is 5.04. The van der Waals surface area contributed by atoms with Crippen LogP contribution < -0.4 is 5.43 Å². The molecular weight excluding hydrogens is 296 g/mol. The van der Waals surface area contributed by atoms with Crippen molar-refractivity contribution in [1.82, 2.24) is 5.43 Å². The first-order valence-electron chi connectivity index (χ1n) is 7.84. The molecule has 0 saturated heterocycles. The Bertz CT molecular complexity index is 405. The maximum absolute atomic E-state index is 5.24. The van der Waals surface area contributed by atoms with E-state index in [0.717, 1.165) is 15.6 Å². The van der Waals surface area contributed by atoms with E-state index in [1.54, 1.807) is 18.0 Å². The zero-order valence-corrected chi connectivity index (χ0v) is 14.5. The van der Waals surface area contributed by atoms with Gasteiger partial charge in [-0.05, 0) is 12.0 Å². The van der Waals surface area contributed by atoms with Gasteiger partial charge in [-0.1, -0.05) is 99.8 Å². The van der Waals surface area contributed by atoms with Crippen LogP contribution in [0.1, 0.15) is 57.4 Å². The summed E-state index contributed by atoms with van der Waals surface area (Å²) in [7, 11) is 0. The van der Waals surface area contributed by atoms with Gasteiger partial charge in [-0.2, -0.15) is 5.10 Å². The Morgan fingerprint density at radius 3 is 2.48 bits per heavy atom. The predicted molar refractivity (Wildman–Crippen MR) is 100 cm³/mol. The number of rotatable bonds is 10. The normalized spacial score (nSPS) is 10.9. The molecule has 0 fully saturated rings. The molecule has 0 aliphatic heterocycles. The Hall–Kier alpha value is -0.870. The molecule has 1 N–H and O–H groups in total. The van der Waals surface area contributed by atoms with Crippen LogP contribution in [-0.4, -0.2) is 16.3 Å². The van der Waals surface area contributed by atoms with Crippen molar-refractivity contribution in [1.29, 1.82) is 0 Å². The molecule has 1 aromatic carbocycles. The molecule has 0 amide bonds. The lowest BCUT2D eigenvalue weighted by Gasteiger charge is -2.03. The number of hydrazone groups is 1. The first-order valence-corrected chi connectivity index (χ1v) is 9.23. The smallest absolute Gasteiger partial charge is 0.154 e. The Morgan fingerprint density at radius 1 is 1.10 bits per heavy atom. The average Bonchev–Trinajstić information content (AvgIpc) is 2.51. The first-order chi connectivity index (χ1) is 10.3. The average molecular weight is 323 g/mol. The fraction of sp³-hybridized carbons (Fsp3) is 0.529. The van der Waals surface area contributed by atoms with E-state index in [2.05, 4.69) is 17.5 Å². The molecule has 0 heterocycles. The summed E-state index contributed by atoms with van der Waals surface area (Å²) in [4.78, 5) is 0. The van der Waals surface area contributed by atoms with Gasteiger partial charge in [0.1, 0.15) is 0 Å². The van der Waals surface area contributed by atoms with Crippen LogP contribution in [0, 0.1) is 0 Å². The van der Waals surface area contributed by atoms with E-state index in [9.17, 15) is 0 Å². The third kappa shape index (κ3) is 10.5. The summed E-state index contributed by atoms with van der Waals surface area (Å²) < 4.78 is 0.758. The molecule has 0 radical (unpaired) electrons. The van der Waals surface area contributed by atoms with Gasteiger partial charge in [-0.3, -0.25) is 5.43 Å². The van der Waals surface area contributed by atoms with Gasteiger partial charge >= 0.3 is 0 Å². The maximum atomic E-state index is 5.24. The monoisotopic (exact) mass is 322 g/mol. The van der Waals surface area contributed by atoms with Crippen molar-refractivity contribution in [2.24, 2.45) is 5.10 Å². The van der Waals surface area contributed by atoms with Gasteiger partial charge in [-0.25, -0.2) is 0 Å². The second kappa shape index (κ2) is 12.8. The number of thiocarbonyl (C=S) groups is 1. The minimum Gasteiger partial charge on any atom is -0.262 e.